The lowest BCUT2D eigenvalue weighted by molar-refractivity contribution is -0.690. The van der Waals surface area contributed by atoms with Crippen LogP contribution in [0.5, 0.6) is 0 Å². The molecule has 0 N–H and O–H groups in total. The number of nitrogens with zero attached hydrogens (tertiary/aromatic N) is 1. The third-order valence-corrected chi connectivity index (χ3v) is 11.5. The molecule has 0 bridgehead atoms. The van der Waals surface area contributed by atoms with Crippen LogP contribution in [0.25, 0.3) is 0 Å². The van der Waals surface area contributed by atoms with Gasteiger partial charge in [0.15, 0.2) is 12.7 Å². The quantitative estimate of drug-likeness (QED) is 0.0612. The molecule has 1 heterocycles. The minimum absolute atomic E-state index is 0.214. The molecule has 0 radical (unpaired) electrons. The molecule has 0 unspecified atom stereocenters. The second-order valence-electron chi connectivity index (χ2n) is 17.4. The predicted molar refractivity (Wildman–Crippen MR) is 226 cm³/mol. The average Bonchev–Trinajstić information content (AvgIpc) is 3.27. The van der Waals surface area contributed by atoms with Crippen LogP contribution in [0.4, 0.5) is 105 Å². The number of aromatic nitrogens is 1. The number of Topliss-reactive ketones (excluding diaryl/α,β-unsaturated/α-hetero) is 1. The second-order valence-corrected chi connectivity index (χ2v) is 17.4. The van der Waals surface area contributed by atoms with Gasteiger partial charge in [-0.2, -0.15) is 132 Å². The Morgan fingerprint density at radius 1 is 0.382 bits per heavy atom. The lowest BCUT2D eigenvalue weighted by Crippen LogP contribution is -2.75. The summed E-state index contributed by atoms with van der Waals surface area (Å²) >= 11 is 0. The molecule has 0 amide bonds. The van der Waals surface area contributed by atoms with Gasteiger partial charge >= 0.3 is 49.4 Å². The van der Waals surface area contributed by atoms with Crippen molar-refractivity contribution in [3.63, 3.8) is 0 Å². The van der Waals surface area contributed by atoms with Gasteiger partial charge in [0.2, 0.25) is 11.5 Å². The summed E-state index contributed by atoms with van der Waals surface area (Å²) in [6.45, 7) is 4.88. The highest BCUT2D eigenvalue weighted by molar-refractivity contribution is 7.20. The molecule has 1 aromatic heterocycles. The van der Waals surface area contributed by atoms with Gasteiger partial charge in [-0.05, 0) is 36.2 Å². The Labute approximate surface area is 413 Å². The SMILES string of the molecule is CC(C)CC(=O)c1cccc[n+]1Cc1ccccc1.FC(F)(F)c1cc([B-](c2cc(C(F)(F)F)cc(C(F)(F)F)c2)(c2cc(C(F)(F)F)cc(C(F)(F)F)c2)c2cc(C(F)(F)F)cc(C(F)(F)F)c2)cc(C(F)(F)F)c1. The number of halogens is 24. The fourth-order valence-corrected chi connectivity index (χ4v) is 8.19. The van der Waals surface area contributed by atoms with Crippen LogP contribution in [0, 0.1) is 5.92 Å². The van der Waals surface area contributed by atoms with Crippen molar-refractivity contribution < 1.29 is 115 Å². The van der Waals surface area contributed by atoms with Gasteiger partial charge < -0.3 is 0 Å². The standard InChI is InChI=1S/C32H12BF24.C17H20NO/c34-25(35,36)13-1-14(26(37,38)39)6-21(5-13)33(22-7-15(27(40,41)42)2-16(8-22)28(43,44)45,23-9-17(29(46,47)48)3-18(10-23)30(49,50)51)24-11-19(31(52,53)54)4-20(12-24)32(55,56)57;1-14(2)12-17(19)16-10-6-7-11-18(16)13-15-8-4-3-5-9-15/h1-12H;3-11,14H,12-13H2,1-2H3/q-1;+1. The Balaban J connectivity index is 0.000000468. The van der Waals surface area contributed by atoms with E-state index in [0.29, 0.717) is 12.3 Å². The van der Waals surface area contributed by atoms with Gasteiger partial charge in [0.25, 0.3) is 0 Å². The van der Waals surface area contributed by atoms with Crippen LogP contribution in [-0.2, 0) is 56.0 Å². The topological polar surface area (TPSA) is 20.9 Å². The first-order valence-electron chi connectivity index (χ1n) is 21.3. The molecule has 2 nitrogen and oxygen atoms in total. The zero-order valence-electron chi connectivity index (χ0n) is 38.1. The Morgan fingerprint density at radius 2 is 0.632 bits per heavy atom. The van der Waals surface area contributed by atoms with Crippen molar-refractivity contribution in [3.8, 4) is 0 Å². The summed E-state index contributed by atoms with van der Waals surface area (Å²) in [5.41, 5.74) is -28.2. The van der Waals surface area contributed by atoms with Gasteiger partial charge in [-0.15, -0.1) is 0 Å². The van der Waals surface area contributed by atoms with E-state index in [-0.39, 0.29) is 5.78 Å². The molecule has 5 aromatic carbocycles. The van der Waals surface area contributed by atoms with E-state index in [9.17, 15) is 110 Å². The molecule has 410 valence electrons. The number of ketones is 1. The van der Waals surface area contributed by atoms with Crippen molar-refractivity contribution in [2.75, 3.05) is 0 Å². The zero-order valence-corrected chi connectivity index (χ0v) is 38.1. The number of carbonyl (C=O) groups excluding carboxylic acids is 1. The van der Waals surface area contributed by atoms with Crippen LogP contribution in [0.15, 0.2) is 128 Å². The molecule has 27 heteroatoms. The van der Waals surface area contributed by atoms with E-state index in [0.717, 1.165) is 12.2 Å². The van der Waals surface area contributed by atoms with Crippen LogP contribution in [0.3, 0.4) is 0 Å². The molecule has 0 aliphatic carbocycles. The van der Waals surface area contributed by atoms with Gasteiger partial charge in [0.1, 0.15) is 6.15 Å². The van der Waals surface area contributed by atoms with E-state index in [4.69, 9.17) is 0 Å². The van der Waals surface area contributed by atoms with Gasteiger partial charge in [-0.1, -0.05) is 92.7 Å². The highest BCUT2D eigenvalue weighted by atomic mass is 19.4. The van der Waals surface area contributed by atoms with Crippen molar-refractivity contribution in [2.45, 2.75) is 76.2 Å². The fraction of sp³-hybridized carbons (Fsp3) is 0.265. The molecule has 0 spiro atoms. The van der Waals surface area contributed by atoms with Gasteiger partial charge in [0, 0.05) is 24.1 Å². The Kier molecular flexibility index (Phi) is 16.6. The number of hydrogen-bond donors (Lipinski definition) is 0. The first-order chi connectivity index (χ1) is 34.4. The second kappa shape index (κ2) is 21.0. The van der Waals surface area contributed by atoms with Crippen molar-refractivity contribution in [1.82, 2.24) is 0 Å². The number of carbonyl (C=O) groups is 1. The van der Waals surface area contributed by atoms with E-state index in [1.54, 1.807) is 0 Å². The van der Waals surface area contributed by atoms with Crippen molar-refractivity contribution in [3.05, 3.63) is 183 Å². The lowest BCUT2D eigenvalue weighted by Gasteiger charge is -2.46. The minimum Gasteiger partial charge on any atom is -0.287 e. The van der Waals surface area contributed by atoms with Crippen LogP contribution >= 0.6 is 0 Å². The summed E-state index contributed by atoms with van der Waals surface area (Å²) in [5.74, 6) is 0.601. The first kappa shape index (κ1) is 60.2. The van der Waals surface area contributed by atoms with Crippen molar-refractivity contribution >= 4 is 33.8 Å². The molecule has 76 heavy (non-hydrogen) atoms. The van der Waals surface area contributed by atoms with Crippen LogP contribution in [0.1, 0.15) is 80.8 Å². The van der Waals surface area contributed by atoms with E-state index < -0.39 is 195 Å². The molecule has 0 aliphatic heterocycles. The molecule has 0 fully saturated rings. The Hall–Kier alpha value is -6.70. The highest BCUT2D eigenvalue weighted by Crippen LogP contribution is 2.41. The van der Waals surface area contributed by atoms with E-state index >= 15 is 0 Å². The number of pyridine rings is 1. The molecular formula is C49H32BF24NO. The fourth-order valence-electron chi connectivity index (χ4n) is 8.19. The normalized spacial score (nSPS) is 13.4. The molecule has 0 aliphatic rings. The van der Waals surface area contributed by atoms with Crippen molar-refractivity contribution in [2.24, 2.45) is 5.92 Å². The summed E-state index contributed by atoms with van der Waals surface area (Å²) in [7, 11) is 0. The maximum atomic E-state index is 14.2. The first-order valence-corrected chi connectivity index (χ1v) is 21.3. The Bertz CT molecular complexity index is 2590. The highest BCUT2D eigenvalue weighted by Gasteiger charge is 2.47. The molecule has 6 aromatic rings. The predicted octanol–water partition coefficient (Wildman–Crippen LogP) is 14.5. The Morgan fingerprint density at radius 3 is 0.868 bits per heavy atom. The van der Waals surface area contributed by atoms with Gasteiger partial charge in [0.05, 0.1) is 44.5 Å². The number of benzene rings is 5. The largest absolute Gasteiger partial charge is 0.416 e. The zero-order chi connectivity index (χ0) is 57.6. The lowest BCUT2D eigenvalue weighted by atomic mass is 9.12. The molecule has 0 atom stereocenters. The number of rotatable bonds is 9. The molecule has 6 rings (SSSR count). The van der Waals surface area contributed by atoms with E-state index in [2.05, 4.69) is 26.0 Å². The van der Waals surface area contributed by atoms with Gasteiger partial charge in [-0.25, -0.2) is 0 Å². The summed E-state index contributed by atoms with van der Waals surface area (Å²) < 4.78 is 343. The summed E-state index contributed by atoms with van der Waals surface area (Å²) in [5, 5.41) is 0. The summed E-state index contributed by atoms with van der Waals surface area (Å²) in [6.07, 6.45) is -52.2. The third-order valence-electron chi connectivity index (χ3n) is 11.5. The van der Waals surface area contributed by atoms with E-state index in [1.807, 2.05) is 47.2 Å². The average molecular weight is 1120 g/mol. The number of alkyl halides is 24. The smallest absolute Gasteiger partial charge is 0.287 e. The van der Waals surface area contributed by atoms with Crippen LogP contribution in [-0.4, -0.2) is 11.9 Å². The van der Waals surface area contributed by atoms with Crippen LogP contribution < -0.4 is 26.4 Å². The minimum atomic E-state index is -6.13. The summed E-state index contributed by atoms with van der Waals surface area (Å²) in [4.78, 5) is 12.2. The molecule has 0 saturated heterocycles. The van der Waals surface area contributed by atoms with Crippen LogP contribution in [0.2, 0.25) is 0 Å². The summed E-state index contributed by atoms with van der Waals surface area (Å²) in [6, 6.07) is 7.20. The van der Waals surface area contributed by atoms with E-state index in [1.165, 1.54) is 5.56 Å². The van der Waals surface area contributed by atoms with Crippen molar-refractivity contribution in [1.29, 1.82) is 0 Å². The molecular weight excluding hydrogens is 1090 g/mol. The van der Waals surface area contributed by atoms with Gasteiger partial charge in [-0.3, -0.25) is 4.79 Å². The number of hydrogen-bond acceptors (Lipinski definition) is 1. The maximum absolute atomic E-state index is 14.2. The third kappa shape index (κ3) is 14.2. The molecule has 0 saturated carbocycles. The maximum Gasteiger partial charge on any atom is 0.416 e. The monoisotopic (exact) mass is 1120 g/mol.